The van der Waals surface area contributed by atoms with Crippen molar-refractivity contribution in [2.45, 2.75) is 0 Å². The van der Waals surface area contributed by atoms with E-state index in [0.717, 1.165) is 22.5 Å². The van der Waals surface area contributed by atoms with Crippen LogP contribution in [-0.2, 0) is 7.05 Å². The molecule has 0 fully saturated rings. The molecule has 0 saturated heterocycles. The van der Waals surface area contributed by atoms with Crippen molar-refractivity contribution in [2.24, 2.45) is 7.05 Å². The average molecular weight is 320 g/mol. The maximum atomic E-state index is 12.9. The monoisotopic (exact) mass is 320 g/mol. The largest absolute Gasteiger partial charge is 0.497 e. The predicted octanol–water partition coefficient (Wildman–Crippen LogP) is 3.32. The van der Waals surface area contributed by atoms with Crippen molar-refractivity contribution in [3.8, 4) is 34.0 Å². The number of benzene rings is 2. The number of methoxy groups -OCH3 is 2. The van der Waals surface area contributed by atoms with Crippen LogP contribution in [0.2, 0.25) is 0 Å². The molecule has 0 saturated carbocycles. The molecule has 3 aromatic rings. The van der Waals surface area contributed by atoms with Gasteiger partial charge in [0.15, 0.2) is 5.78 Å². The quantitative estimate of drug-likeness (QED) is 0.581. The molecule has 1 heterocycles. The maximum absolute atomic E-state index is 12.9. The fourth-order valence-corrected chi connectivity index (χ4v) is 3.25. The molecule has 120 valence electrons. The van der Waals surface area contributed by atoms with Crippen LogP contribution in [0.25, 0.3) is 22.5 Å². The Morgan fingerprint density at radius 3 is 2.42 bits per heavy atom. The minimum absolute atomic E-state index is 0.00145. The summed E-state index contributed by atoms with van der Waals surface area (Å²) in [5.41, 5.74) is 4.51. The van der Waals surface area contributed by atoms with E-state index < -0.39 is 0 Å². The van der Waals surface area contributed by atoms with Crippen molar-refractivity contribution in [1.29, 1.82) is 0 Å². The first-order valence-electron chi connectivity index (χ1n) is 7.59. The number of aryl methyl sites for hydroxylation is 1. The van der Waals surface area contributed by atoms with Gasteiger partial charge in [0, 0.05) is 29.8 Å². The van der Waals surface area contributed by atoms with Crippen LogP contribution in [0.3, 0.4) is 0 Å². The third-order valence-electron chi connectivity index (χ3n) is 4.36. The number of aromatic nitrogens is 2. The zero-order valence-corrected chi connectivity index (χ0v) is 13.7. The van der Waals surface area contributed by atoms with Crippen molar-refractivity contribution in [3.05, 3.63) is 53.6 Å². The minimum Gasteiger partial charge on any atom is -0.497 e. The Kier molecular flexibility index (Phi) is 3.16. The van der Waals surface area contributed by atoms with Gasteiger partial charge in [-0.2, -0.15) is 5.10 Å². The molecule has 5 nitrogen and oxygen atoms in total. The Morgan fingerprint density at radius 2 is 1.71 bits per heavy atom. The summed E-state index contributed by atoms with van der Waals surface area (Å²) in [6, 6.07) is 13.1. The van der Waals surface area contributed by atoms with Crippen LogP contribution in [0.15, 0.2) is 42.5 Å². The first kappa shape index (κ1) is 14.5. The lowest BCUT2D eigenvalue weighted by molar-refractivity contribution is 0.104. The summed E-state index contributed by atoms with van der Waals surface area (Å²) in [6.07, 6.45) is 0. The zero-order valence-electron chi connectivity index (χ0n) is 13.7. The molecule has 0 aliphatic heterocycles. The topological polar surface area (TPSA) is 53.4 Å². The molecule has 2 aromatic carbocycles. The van der Waals surface area contributed by atoms with Crippen molar-refractivity contribution >= 4 is 5.78 Å². The van der Waals surface area contributed by atoms with Crippen LogP contribution in [0.1, 0.15) is 15.9 Å². The molecule has 0 N–H and O–H groups in total. The minimum atomic E-state index is 0.00145. The highest BCUT2D eigenvalue weighted by Crippen LogP contribution is 2.43. The van der Waals surface area contributed by atoms with Crippen LogP contribution in [-0.4, -0.2) is 29.8 Å². The van der Waals surface area contributed by atoms with E-state index in [2.05, 4.69) is 5.10 Å². The SMILES string of the molecule is COc1ccc(-c2c3c(nn2C)-c2ccccc2C3=O)c(OC)c1. The molecule has 1 aromatic heterocycles. The highest BCUT2D eigenvalue weighted by atomic mass is 16.5. The summed E-state index contributed by atoms with van der Waals surface area (Å²) in [7, 11) is 5.05. The lowest BCUT2D eigenvalue weighted by Crippen LogP contribution is -2.03. The molecule has 0 atom stereocenters. The van der Waals surface area contributed by atoms with E-state index >= 15 is 0 Å². The number of nitrogens with zero attached hydrogens (tertiary/aromatic N) is 2. The second kappa shape index (κ2) is 5.23. The highest BCUT2D eigenvalue weighted by Gasteiger charge is 2.34. The number of hydrogen-bond donors (Lipinski definition) is 0. The van der Waals surface area contributed by atoms with E-state index in [1.807, 2.05) is 43.4 Å². The van der Waals surface area contributed by atoms with Crippen LogP contribution in [0.4, 0.5) is 0 Å². The molecule has 4 rings (SSSR count). The summed E-state index contributed by atoms with van der Waals surface area (Å²) < 4.78 is 12.5. The summed E-state index contributed by atoms with van der Waals surface area (Å²) in [6.45, 7) is 0. The fraction of sp³-hybridized carbons (Fsp3) is 0.158. The summed E-state index contributed by atoms with van der Waals surface area (Å²) in [5.74, 6) is 1.34. The van der Waals surface area contributed by atoms with Crippen LogP contribution in [0, 0.1) is 0 Å². The van der Waals surface area contributed by atoms with Crippen LogP contribution in [0.5, 0.6) is 11.5 Å². The second-order valence-corrected chi connectivity index (χ2v) is 5.64. The average Bonchev–Trinajstić information content (AvgIpc) is 3.09. The van der Waals surface area contributed by atoms with Crippen molar-refractivity contribution in [1.82, 2.24) is 9.78 Å². The Hall–Kier alpha value is -3.08. The number of ether oxygens (including phenoxy) is 2. The molecule has 0 spiro atoms. The Labute approximate surface area is 139 Å². The summed E-state index contributed by atoms with van der Waals surface area (Å²) in [5, 5.41) is 4.59. The van der Waals surface area contributed by atoms with Gasteiger partial charge in [0.05, 0.1) is 25.5 Å². The zero-order chi connectivity index (χ0) is 16.8. The van der Waals surface area contributed by atoms with Gasteiger partial charge in [-0.3, -0.25) is 9.48 Å². The van der Waals surface area contributed by atoms with E-state index in [-0.39, 0.29) is 5.78 Å². The number of carbonyl (C=O) groups is 1. The van der Waals surface area contributed by atoms with Gasteiger partial charge in [-0.25, -0.2) is 0 Å². The van der Waals surface area contributed by atoms with Gasteiger partial charge in [-0.1, -0.05) is 24.3 Å². The van der Waals surface area contributed by atoms with E-state index in [1.165, 1.54) is 0 Å². The molecule has 0 unspecified atom stereocenters. The second-order valence-electron chi connectivity index (χ2n) is 5.64. The highest BCUT2D eigenvalue weighted by molar-refractivity contribution is 6.24. The van der Waals surface area contributed by atoms with Gasteiger partial charge < -0.3 is 9.47 Å². The maximum Gasteiger partial charge on any atom is 0.198 e. The number of carbonyl (C=O) groups excluding carboxylic acids is 1. The lowest BCUT2D eigenvalue weighted by atomic mass is 10.0. The van der Waals surface area contributed by atoms with E-state index in [4.69, 9.17) is 9.47 Å². The van der Waals surface area contributed by atoms with Crippen molar-refractivity contribution < 1.29 is 14.3 Å². The van der Waals surface area contributed by atoms with Gasteiger partial charge in [0.1, 0.15) is 17.2 Å². The molecule has 1 aliphatic carbocycles. The molecular formula is C19H16N2O3. The standard InChI is InChI=1S/C19H16N2O3/c1-21-18(14-9-8-11(23-2)10-15(14)24-3)16-17(20-21)12-6-4-5-7-13(12)19(16)22/h4-10H,1-3H3. The number of ketones is 1. The Bertz CT molecular complexity index is 973. The third-order valence-corrected chi connectivity index (χ3v) is 4.36. The number of hydrogen-bond acceptors (Lipinski definition) is 4. The first-order chi connectivity index (χ1) is 11.7. The molecular weight excluding hydrogens is 304 g/mol. The van der Waals surface area contributed by atoms with Gasteiger partial charge >= 0.3 is 0 Å². The molecule has 0 amide bonds. The van der Waals surface area contributed by atoms with Gasteiger partial charge in [0.25, 0.3) is 0 Å². The Morgan fingerprint density at radius 1 is 0.958 bits per heavy atom. The van der Waals surface area contributed by atoms with Crippen molar-refractivity contribution in [2.75, 3.05) is 14.2 Å². The van der Waals surface area contributed by atoms with Crippen LogP contribution >= 0.6 is 0 Å². The first-order valence-corrected chi connectivity index (χ1v) is 7.59. The van der Waals surface area contributed by atoms with E-state index in [0.29, 0.717) is 22.6 Å². The molecule has 24 heavy (non-hydrogen) atoms. The Balaban J connectivity index is 1.98. The molecule has 0 radical (unpaired) electrons. The predicted molar refractivity (Wildman–Crippen MR) is 90.6 cm³/mol. The van der Waals surface area contributed by atoms with E-state index in [1.54, 1.807) is 25.0 Å². The van der Waals surface area contributed by atoms with Gasteiger partial charge in [-0.05, 0) is 12.1 Å². The normalized spacial score (nSPS) is 12.0. The summed E-state index contributed by atoms with van der Waals surface area (Å²) >= 11 is 0. The smallest absolute Gasteiger partial charge is 0.198 e. The van der Waals surface area contributed by atoms with Gasteiger partial charge in [-0.15, -0.1) is 0 Å². The third kappa shape index (κ3) is 1.88. The number of rotatable bonds is 3. The van der Waals surface area contributed by atoms with E-state index in [9.17, 15) is 4.79 Å². The molecule has 1 aliphatic rings. The fourth-order valence-electron chi connectivity index (χ4n) is 3.25. The van der Waals surface area contributed by atoms with Gasteiger partial charge in [0.2, 0.25) is 0 Å². The number of fused-ring (bicyclic) bond motifs is 3. The summed E-state index contributed by atoms with van der Waals surface area (Å²) in [4.78, 5) is 12.9. The lowest BCUT2D eigenvalue weighted by Gasteiger charge is -2.12. The molecule has 0 bridgehead atoms. The van der Waals surface area contributed by atoms with Crippen molar-refractivity contribution in [3.63, 3.8) is 0 Å². The molecule has 5 heteroatoms. The van der Waals surface area contributed by atoms with Crippen LogP contribution < -0.4 is 9.47 Å².